The number of hydrogen-bond acceptors (Lipinski definition) is 2. The number of imide groups is 1. The van der Waals surface area contributed by atoms with Crippen molar-refractivity contribution in [3.8, 4) is 0 Å². The fourth-order valence-electron chi connectivity index (χ4n) is 3.06. The largest absolute Gasteiger partial charge is 0.274 e. The molecule has 3 rings (SSSR count). The summed E-state index contributed by atoms with van der Waals surface area (Å²) in [5.41, 5.74) is 0.415. The van der Waals surface area contributed by atoms with E-state index in [0.717, 1.165) is 25.7 Å². The van der Waals surface area contributed by atoms with Crippen LogP contribution in [0.25, 0.3) is 0 Å². The van der Waals surface area contributed by atoms with Crippen molar-refractivity contribution in [2.75, 3.05) is 4.90 Å². The predicted molar refractivity (Wildman–Crippen MR) is 74.4 cm³/mol. The average molecular weight is 298 g/mol. The molecule has 1 saturated heterocycles. The topological polar surface area (TPSA) is 37.4 Å². The molecule has 100 valence electrons. The number of nitrogens with zero attached hydrogens (tertiary/aromatic N) is 1. The molecule has 2 atom stereocenters. The van der Waals surface area contributed by atoms with Gasteiger partial charge in [-0.15, -0.1) is 0 Å². The number of anilines is 1. The first kappa shape index (κ1) is 12.9. The quantitative estimate of drug-likeness (QED) is 0.742. The minimum atomic E-state index is -0.170. The Morgan fingerprint density at radius 3 is 2.16 bits per heavy atom. The van der Waals surface area contributed by atoms with Crippen LogP contribution in [-0.2, 0) is 9.59 Å². The molecule has 1 aromatic rings. The fraction of sp³-hybridized carbons (Fsp3) is 0.429. The second kappa shape index (κ2) is 4.80. The smallest absolute Gasteiger partial charge is 0.237 e. The molecule has 2 fully saturated rings. The average Bonchev–Trinajstić information content (AvgIpc) is 2.67. The number of carbonyl (C=O) groups is 2. The van der Waals surface area contributed by atoms with Gasteiger partial charge in [0, 0.05) is 0 Å². The maximum Gasteiger partial charge on any atom is 0.237 e. The van der Waals surface area contributed by atoms with E-state index < -0.39 is 0 Å². The fourth-order valence-corrected chi connectivity index (χ4v) is 3.44. The van der Waals surface area contributed by atoms with Crippen molar-refractivity contribution in [2.24, 2.45) is 11.8 Å². The lowest BCUT2D eigenvalue weighted by atomic mass is 9.81. The van der Waals surface area contributed by atoms with Crippen molar-refractivity contribution in [2.45, 2.75) is 25.7 Å². The number of fused-ring (bicyclic) bond motifs is 1. The van der Waals surface area contributed by atoms with Gasteiger partial charge in [-0.1, -0.05) is 42.1 Å². The lowest BCUT2D eigenvalue weighted by Crippen LogP contribution is -2.31. The first-order chi connectivity index (χ1) is 9.11. The molecule has 5 heteroatoms. The van der Waals surface area contributed by atoms with E-state index in [1.807, 2.05) is 0 Å². The Bertz CT molecular complexity index is 534. The normalized spacial score (nSPS) is 26.7. The van der Waals surface area contributed by atoms with Gasteiger partial charge < -0.3 is 0 Å². The Morgan fingerprint density at radius 2 is 1.58 bits per heavy atom. The molecule has 2 amide bonds. The van der Waals surface area contributed by atoms with E-state index in [-0.39, 0.29) is 28.7 Å². The van der Waals surface area contributed by atoms with Crippen molar-refractivity contribution in [1.82, 2.24) is 0 Å². The van der Waals surface area contributed by atoms with E-state index >= 15 is 0 Å². The van der Waals surface area contributed by atoms with Crippen LogP contribution in [0, 0.1) is 11.8 Å². The maximum absolute atomic E-state index is 12.4. The van der Waals surface area contributed by atoms with Crippen LogP contribution in [0.1, 0.15) is 25.7 Å². The van der Waals surface area contributed by atoms with Crippen LogP contribution in [0.15, 0.2) is 18.2 Å². The van der Waals surface area contributed by atoms with E-state index in [1.165, 1.54) is 4.90 Å². The summed E-state index contributed by atoms with van der Waals surface area (Å²) in [6.45, 7) is 0. The number of amides is 2. The summed E-state index contributed by atoms with van der Waals surface area (Å²) in [5.74, 6) is -0.592. The van der Waals surface area contributed by atoms with Gasteiger partial charge in [0.1, 0.15) is 0 Å². The summed E-state index contributed by atoms with van der Waals surface area (Å²) in [6, 6.07) is 5.01. The van der Waals surface area contributed by atoms with Gasteiger partial charge in [-0.2, -0.15) is 0 Å². The zero-order valence-corrected chi connectivity index (χ0v) is 11.7. The van der Waals surface area contributed by atoms with Gasteiger partial charge in [0.15, 0.2) is 0 Å². The second-order valence-corrected chi connectivity index (χ2v) is 5.87. The van der Waals surface area contributed by atoms with Crippen molar-refractivity contribution in [3.63, 3.8) is 0 Å². The summed E-state index contributed by atoms with van der Waals surface area (Å²) < 4.78 is 0. The van der Waals surface area contributed by atoms with Gasteiger partial charge in [-0.3, -0.25) is 9.59 Å². The van der Waals surface area contributed by atoms with Crippen molar-refractivity contribution < 1.29 is 9.59 Å². The van der Waals surface area contributed by atoms with Gasteiger partial charge in [-0.25, -0.2) is 4.90 Å². The van der Waals surface area contributed by atoms with E-state index in [2.05, 4.69) is 0 Å². The number of hydrogen-bond donors (Lipinski definition) is 0. The van der Waals surface area contributed by atoms with Crippen molar-refractivity contribution in [1.29, 1.82) is 0 Å². The molecular formula is C14H13Cl2NO2. The number of carbonyl (C=O) groups excluding carboxylic acids is 2. The highest BCUT2D eigenvalue weighted by Crippen LogP contribution is 2.42. The van der Waals surface area contributed by atoms with Gasteiger partial charge in [-0.05, 0) is 25.0 Å². The summed E-state index contributed by atoms with van der Waals surface area (Å²) in [4.78, 5) is 26.1. The molecule has 1 heterocycles. The molecule has 1 aromatic carbocycles. The number of rotatable bonds is 1. The van der Waals surface area contributed by atoms with Gasteiger partial charge >= 0.3 is 0 Å². The SMILES string of the molecule is O=C1[C@H]2CCCC[C@@H]2C(=O)N1c1cccc(Cl)c1Cl. The first-order valence-electron chi connectivity index (χ1n) is 6.43. The summed E-state index contributed by atoms with van der Waals surface area (Å²) in [5, 5.41) is 0.624. The van der Waals surface area contributed by atoms with Crippen molar-refractivity contribution >= 4 is 40.7 Å². The molecular weight excluding hydrogens is 285 g/mol. The molecule has 0 aromatic heterocycles. The maximum atomic E-state index is 12.4. The third-order valence-corrected chi connectivity index (χ3v) is 4.82. The molecule has 0 N–H and O–H groups in total. The molecule has 0 bridgehead atoms. The first-order valence-corrected chi connectivity index (χ1v) is 7.18. The van der Waals surface area contributed by atoms with Gasteiger partial charge in [0.2, 0.25) is 11.8 Å². The zero-order chi connectivity index (χ0) is 13.6. The Balaban J connectivity index is 2.03. The van der Waals surface area contributed by atoms with Crippen LogP contribution < -0.4 is 4.90 Å². The summed E-state index contributed by atoms with van der Waals surface area (Å²) >= 11 is 12.1. The van der Waals surface area contributed by atoms with Crippen LogP contribution >= 0.6 is 23.2 Å². The van der Waals surface area contributed by atoms with Crippen molar-refractivity contribution in [3.05, 3.63) is 28.2 Å². The molecule has 19 heavy (non-hydrogen) atoms. The number of halogens is 2. The van der Waals surface area contributed by atoms with E-state index in [0.29, 0.717) is 10.7 Å². The van der Waals surface area contributed by atoms with Crippen LogP contribution in [0.2, 0.25) is 10.0 Å². The standard InChI is InChI=1S/C14H13Cl2NO2/c15-10-6-3-7-11(12(10)16)17-13(18)8-4-1-2-5-9(8)14(17)19/h3,6-9H,1-2,4-5H2/t8-,9-/m0/s1. The molecule has 1 aliphatic carbocycles. The van der Waals surface area contributed by atoms with Gasteiger partial charge in [0.25, 0.3) is 0 Å². The third-order valence-electron chi connectivity index (χ3n) is 4.01. The van der Waals surface area contributed by atoms with E-state index in [1.54, 1.807) is 18.2 Å². The lowest BCUT2D eigenvalue weighted by molar-refractivity contribution is -0.122. The highest BCUT2D eigenvalue weighted by molar-refractivity contribution is 6.44. The highest BCUT2D eigenvalue weighted by Gasteiger charge is 2.49. The van der Waals surface area contributed by atoms with Crippen LogP contribution in [0.5, 0.6) is 0 Å². The monoisotopic (exact) mass is 297 g/mol. The molecule has 3 nitrogen and oxygen atoms in total. The number of benzene rings is 1. The summed E-state index contributed by atoms with van der Waals surface area (Å²) in [6.07, 6.45) is 3.61. The highest BCUT2D eigenvalue weighted by atomic mass is 35.5. The Labute approximate surface area is 121 Å². The second-order valence-electron chi connectivity index (χ2n) is 5.08. The lowest BCUT2D eigenvalue weighted by Gasteiger charge is -2.19. The summed E-state index contributed by atoms with van der Waals surface area (Å²) in [7, 11) is 0. The molecule has 0 unspecified atom stereocenters. The minimum Gasteiger partial charge on any atom is -0.274 e. The molecule has 1 saturated carbocycles. The molecule has 0 radical (unpaired) electrons. The van der Waals surface area contributed by atoms with Crippen LogP contribution in [0.3, 0.4) is 0 Å². The molecule has 2 aliphatic rings. The molecule has 1 aliphatic heterocycles. The van der Waals surface area contributed by atoms with E-state index in [4.69, 9.17) is 23.2 Å². The van der Waals surface area contributed by atoms with Crippen LogP contribution in [0.4, 0.5) is 5.69 Å². The third kappa shape index (κ3) is 1.96. The predicted octanol–water partition coefficient (Wildman–Crippen LogP) is 3.67. The zero-order valence-electron chi connectivity index (χ0n) is 10.2. The Morgan fingerprint density at radius 1 is 1.00 bits per heavy atom. The Kier molecular flexibility index (Phi) is 3.27. The van der Waals surface area contributed by atoms with E-state index in [9.17, 15) is 9.59 Å². The van der Waals surface area contributed by atoms with Crippen LogP contribution in [-0.4, -0.2) is 11.8 Å². The minimum absolute atomic E-state index is 0.126. The molecule has 0 spiro atoms. The Hall–Kier alpha value is -1.06. The van der Waals surface area contributed by atoms with Gasteiger partial charge in [0.05, 0.1) is 27.6 Å².